The molecule has 0 spiro atoms. The van der Waals surface area contributed by atoms with Gasteiger partial charge in [-0.3, -0.25) is 4.79 Å². The van der Waals surface area contributed by atoms with E-state index in [1.165, 1.54) is 19.3 Å². The summed E-state index contributed by atoms with van der Waals surface area (Å²) in [7, 11) is 1.28. The maximum absolute atomic E-state index is 12.7. The van der Waals surface area contributed by atoms with Gasteiger partial charge < -0.3 is 14.7 Å². The third-order valence-corrected chi connectivity index (χ3v) is 4.13. The van der Waals surface area contributed by atoms with Crippen molar-refractivity contribution in [2.45, 2.75) is 20.3 Å². The molecule has 0 bridgehead atoms. The molecule has 0 unspecified atom stereocenters. The van der Waals surface area contributed by atoms with E-state index in [1.807, 2.05) is 6.92 Å². The Labute approximate surface area is 143 Å². The molecule has 5 nitrogen and oxygen atoms in total. The molecule has 1 amide bonds. The van der Waals surface area contributed by atoms with Crippen LogP contribution >= 0.6 is 15.9 Å². The first-order valence-corrected chi connectivity index (χ1v) is 8.01. The first-order valence-electron chi connectivity index (χ1n) is 7.22. The number of halogens is 1. The monoisotopic (exact) mass is 379 g/mol. The number of benzene rings is 1. The van der Waals surface area contributed by atoms with E-state index in [0.29, 0.717) is 17.8 Å². The molecule has 1 aromatic rings. The van der Waals surface area contributed by atoms with Crippen LogP contribution in [0.1, 0.15) is 25.8 Å². The van der Waals surface area contributed by atoms with Crippen LogP contribution in [0.15, 0.2) is 39.5 Å². The highest BCUT2D eigenvalue weighted by Gasteiger charge is 2.36. The van der Waals surface area contributed by atoms with Crippen molar-refractivity contribution in [2.24, 2.45) is 0 Å². The first kappa shape index (κ1) is 17.3. The molecule has 122 valence electrons. The highest BCUT2D eigenvalue weighted by atomic mass is 79.9. The number of hydrogen-bond donors (Lipinski definition) is 1. The van der Waals surface area contributed by atoms with E-state index in [9.17, 15) is 14.7 Å². The number of carbonyl (C=O) groups is 2. The zero-order chi connectivity index (χ0) is 17.1. The van der Waals surface area contributed by atoms with Crippen molar-refractivity contribution in [3.8, 4) is 5.75 Å². The topological polar surface area (TPSA) is 66.8 Å². The van der Waals surface area contributed by atoms with E-state index in [0.717, 1.165) is 10.9 Å². The van der Waals surface area contributed by atoms with Gasteiger partial charge in [0.1, 0.15) is 5.75 Å². The molecule has 0 aliphatic carbocycles. The second-order valence-corrected chi connectivity index (χ2v) is 6.09. The summed E-state index contributed by atoms with van der Waals surface area (Å²) in [6, 6.07) is 4.90. The number of phenols is 1. The van der Waals surface area contributed by atoms with Crippen LogP contribution in [0.4, 0.5) is 0 Å². The van der Waals surface area contributed by atoms with E-state index in [2.05, 4.69) is 15.9 Å². The lowest BCUT2D eigenvalue weighted by Gasteiger charge is -2.16. The summed E-state index contributed by atoms with van der Waals surface area (Å²) >= 11 is 3.33. The maximum Gasteiger partial charge on any atom is 0.340 e. The van der Waals surface area contributed by atoms with Gasteiger partial charge in [-0.05, 0) is 37.6 Å². The number of methoxy groups -OCH3 is 1. The van der Waals surface area contributed by atoms with Crippen molar-refractivity contribution >= 4 is 33.9 Å². The summed E-state index contributed by atoms with van der Waals surface area (Å²) < 4.78 is 5.58. The predicted octanol–water partition coefficient (Wildman–Crippen LogP) is 3.24. The molecule has 23 heavy (non-hydrogen) atoms. The molecule has 2 rings (SSSR count). The average molecular weight is 380 g/mol. The van der Waals surface area contributed by atoms with Crippen molar-refractivity contribution in [2.75, 3.05) is 13.7 Å². The maximum atomic E-state index is 12.7. The molecule has 1 N–H and O–H groups in total. The Hall–Kier alpha value is -2.08. The van der Waals surface area contributed by atoms with Crippen molar-refractivity contribution in [3.63, 3.8) is 0 Å². The van der Waals surface area contributed by atoms with Crippen LogP contribution < -0.4 is 0 Å². The Morgan fingerprint density at radius 2 is 2.13 bits per heavy atom. The SMILES string of the molecule is CCCN1C(=O)/C(=C\c2cc(Br)ccc2O)C(C(=O)OC)=C1C. The zero-order valence-electron chi connectivity index (χ0n) is 13.2. The molecule has 1 aliphatic heterocycles. The van der Waals surface area contributed by atoms with E-state index >= 15 is 0 Å². The molecule has 0 saturated heterocycles. The predicted molar refractivity (Wildman–Crippen MR) is 90.5 cm³/mol. The number of aromatic hydroxyl groups is 1. The molecule has 0 fully saturated rings. The van der Waals surface area contributed by atoms with Crippen molar-refractivity contribution in [1.29, 1.82) is 0 Å². The lowest BCUT2D eigenvalue weighted by Crippen LogP contribution is -2.25. The summed E-state index contributed by atoms with van der Waals surface area (Å²) in [5, 5.41) is 9.98. The fourth-order valence-electron chi connectivity index (χ4n) is 2.52. The number of carbonyl (C=O) groups excluding carboxylic acids is 2. The third-order valence-electron chi connectivity index (χ3n) is 3.64. The van der Waals surface area contributed by atoms with Crippen LogP contribution in [-0.2, 0) is 14.3 Å². The van der Waals surface area contributed by atoms with Gasteiger partial charge in [0.2, 0.25) is 0 Å². The molecule has 0 saturated carbocycles. The van der Waals surface area contributed by atoms with Gasteiger partial charge in [0.25, 0.3) is 5.91 Å². The summed E-state index contributed by atoms with van der Waals surface area (Å²) in [4.78, 5) is 26.3. The number of allylic oxidation sites excluding steroid dienone is 1. The summed E-state index contributed by atoms with van der Waals surface area (Å²) in [6.07, 6.45) is 2.29. The minimum atomic E-state index is -0.560. The standard InChI is InChI=1S/C17H18BrNO4/c1-4-7-19-10(2)15(17(22)23-3)13(16(19)21)9-11-8-12(18)5-6-14(11)20/h5-6,8-9,20H,4,7H2,1-3H3/b13-9-. The normalized spacial score (nSPS) is 16.4. The van der Waals surface area contributed by atoms with E-state index in [-0.39, 0.29) is 22.8 Å². The van der Waals surface area contributed by atoms with Gasteiger partial charge in [-0.25, -0.2) is 4.79 Å². The number of amides is 1. The molecular weight excluding hydrogens is 362 g/mol. The minimum absolute atomic E-state index is 0.0318. The van der Waals surface area contributed by atoms with E-state index in [4.69, 9.17) is 4.74 Å². The molecule has 0 radical (unpaired) electrons. The van der Waals surface area contributed by atoms with Crippen molar-refractivity contribution in [1.82, 2.24) is 4.90 Å². The van der Waals surface area contributed by atoms with Gasteiger partial charge in [0.05, 0.1) is 18.3 Å². The Kier molecular flexibility index (Phi) is 5.26. The van der Waals surface area contributed by atoms with Crippen LogP contribution in [0.25, 0.3) is 6.08 Å². The highest BCUT2D eigenvalue weighted by Crippen LogP contribution is 2.33. The minimum Gasteiger partial charge on any atom is -0.507 e. The van der Waals surface area contributed by atoms with E-state index in [1.54, 1.807) is 24.0 Å². The molecule has 0 atom stereocenters. The smallest absolute Gasteiger partial charge is 0.340 e. The van der Waals surface area contributed by atoms with Gasteiger partial charge in [-0.2, -0.15) is 0 Å². The van der Waals surface area contributed by atoms with Crippen LogP contribution in [0.5, 0.6) is 5.75 Å². The fraction of sp³-hybridized carbons (Fsp3) is 0.294. The van der Waals surface area contributed by atoms with Crippen LogP contribution in [0.2, 0.25) is 0 Å². The number of nitrogens with zero attached hydrogens (tertiary/aromatic N) is 1. The summed E-state index contributed by atoms with van der Waals surface area (Å²) in [5.74, 6) is -0.788. The van der Waals surface area contributed by atoms with Gasteiger partial charge >= 0.3 is 5.97 Å². The van der Waals surface area contributed by atoms with Crippen LogP contribution in [0, 0.1) is 0 Å². The highest BCUT2D eigenvalue weighted by molar-refractivity contribution is 9.10. The fourth-order valence-corrected chi connectivity index (χ4v) is 2.90. The molecular formula is C17H18BrNO4. The number of hydrogen-bond acceptors (Lipinski definition) is 4. The van der Waals surface area contributed by atoms with Gasteiger partial charge in [-0.1, -0.05) is 22.9 Å². The number of ether oxygens (including phenoxy) is 1. The van der Waals surface area contributed by atoms with Crippen LogP contribution in [0.3, 0.4) is 0 Å². The van der Waals surface area contributed by atoms with Gasteiger partial charge in [0, 0.05) is 22.3 Å². The quantitative estimate of drug-likeness (QED) is 0.643. The summed E-state index contributed by atoms with van der Waals surface area (Å²) in [6.45, 7) is 4.20. The Bertz CT molecular complexity index is 721. The van der Waals surface area contributed by atoms with Gasteiger partial charge in [-0.15, -0.1) is 0 Å². The lowest BCUT2D eigenvalue weighted by molar-refractivity contribution is -0.136. The Morgan fingerprint density at radius 3 is 2.74 bits per heavy atom. The van der Waals surface area contributed by atoms with Crippen molar-refractivity contribution in [3.05, 3.63) is 45.1 Å². The second kappa shape index (κ2) is 7.00. The molecule has 0 aromatic heterocycles. The van der Waals surface area contributed by atoms with E-state index < -0.39 is 5.97 Å². The third kappa shape index (κ3) is 3.32. The molecule has 1 heterocycles. The van der Waals surface area contributed by atoms with Crippen molar-refractivity contribution < 1.29 is 19.4 Å². The van der Waals surface area contributed by atoms with Crippen LogP contribution in [-0.4, -0.2) is 35.5 Å². The Balaban J connectivity index is 2.58. The zero-order valence-corrected chi connectivity index (χ0v) is 14.8. The average Bonchev–Trinajstić information content (AvgIpc) is 2.75. The number of esters is 1. The van der Waals surface area contributed by atoms with Gasteiger partial charge in [0.15, 0.2) is 0 Å². The molecule has 1 aromatic carbocycles. The molecule has 6 heteroatoms. The number of phenolic OH excluding ortho intramolecular Hbond substituents is 1. The Morgan fingerprint density at radius 1 is 1.43 bits per heavy atom. The largest absolute Gasteiger partial charge is 0.507 e. The summed E-state index contributed by atoms with van der Waals surface area (Å²) in [5.41, 5.74) is 1.50. The second-order valence-electron chi connectivity index (χ2n) is 5.17. The first-order chi connectivity index (χ1) is 10.9. The molecule has 1 aliphatic rings. The number of rotatable bonds is 4. The lowest BCUT2D eigenvalue weighted by atomic mass is 10.0.